The molecule has 2 aromatic rings. The van der Waals surface area contributed by atoms with Crippen LogP contribution in [0.25, 0.3) is 0 Å². The Balaban J connectivity index is 0.00000225. The molecular formula is C23H30IN3O. The molecule has 28 heavy (non-hydrogen) atoms. The van der Waals surface area contributed by atoms with Gasteiger partial charge < -0.3 is 15.0 Å². The maximum Gasteiger partial charge on any atom is 0.193 e. The highest BCUT2D eigenvalue weighted by Crippen LogP contribution is 2.42. The number of benzene rings is 2. The highest BCUT2D eigenvalue weighted by Gasteiger charge is 2.40. The van der Waals surface area contributed by atoms with Crippen LogP contribution in [0.3, 0.4) is 0 Å². The summed E-state index contributed by atoms with van der Waals surface area (Å²) in [5, 5.41) is 3.69. The Morgan fingerprint density at radius 1 is 1.04 bits per heavy atom. The van der Waals surface area contributed by atoms with Crippen molar-refractivity contribution in [1.82, 2.24) is 10.2 Å². The topological polar surface area (TPSA) is 36.9 Å². The third-order valence-corrected chi connectivity index (χ3v) is 5.69. The van der Waals surface area contributed by atoms with E-state index in [4.69, 9.17) is 4.74 Å². The van der Waals surface area contributed by atoms with Crippen molar-refractivity contribution in [3.05, 3.63) is 65.7 Å². The molecule has 1 aliphatic carbocycles. The van der Waals surface area contributed by atoms with Crippen LogP contribution in [0, 0.1) is 6.92 Å². The van der Waals surface area contributed by atoms with Gasteiger partial charge in [0.1, 0.15) is 11.9 Å². The van der Waals surface area contributed by atoms with Gasteiger partial charge in [0.05, 0.1) is 0 Å². The van der Waals surface area contributed by atoms with Gasteiger partial charge in [-0.05, 0) is 36.6 Å². The highest BCUT2D eigenvalue weighted by molar-refractivity contribution is 14.0. The van der Waals surface area contributed by atoms with Crippen LogP contribution in [0.1, 0.15) is 36.3 Å². The van der Waals surface area contributed by atoms with Gasteiger partial charge in [-0.2, -0.15) is 0 Å². The molecular weight excluding hydrogens is 461 g/mol. The minimum Gasteiger partial charge on any atom is -0.490 e. The fourth-order valence-electron chi connectivity index (χ4n) is 4.04. The fourth-order valence-corrected chi connectivity index (χ4v) is 4.04. The summed E-state index contributed by atoms with van der Waals surface area (Å²) in [6, 6.07) is 19.4. The normalized spacial score (nSPS) is 22.4. The number of hydrogen-bond acceptors (Lipinski definition) is 2. The first-order chi connectivity index (χ1) is 13.2. The predicted octanol–water partition coefficient (Wildman–Crippen LogP) is 4.59. The van der Waals surface area contributed by atoms with Gasteiger partial charge in [0.25, 0.3) is 0 Å². The maximum atomic E-state index is 6.11. The Morgan fingerprint density at radius 3 is 2.39 bits per heavy atom. The number of guanidine groups is 1. The molecule has 1 N–H and O–H groups in total. The molecule has 1 heterocycles. The van der Waals surface area contributed by atoms with E-state index in [0.717, 1.165) is 37.6 Å². The summed E-state index contributed by atoms with van der Waals surface area (Å²) in [4.78, 5) is 6.92. The monoisotopic (exact) mass is 491 g/mol. The molecule has 1 saturated carbocycles. The van der Waals surface area contributed by atoms with Crippen molar-refractivity contribution in [3.8, 4) is 5.75 Å². The zero-order valence-corrected chi connectivity index (χ0v) is 19.0. The van der Waals surface area contributed by atoms with Crippen LogP contribution in [0.15, 0.2) is 59.6 Å². The lowest BCUT2D eigenvalue weighted by atomic mass is 10.0. The molecule has 1 aliphatic heterocycles. The molecule has 1 saturated heterocycles. The number of nitrogens with zero attached hydrogens (tertiary/aromatic N) is 2. The number of para-hydroxylation sites is 1. The molecule has 2 fully saturated rings. The van der Waals surface area contributed by atoms with Gasteiger partial charge in [0, 0.05) is 44.9 Å². The van der Waals surface area contributed by atoms with Crippen molar-refractivity contribution >= 4 is 29.9 Å². The van der Waals surface area contributed by atoms with E-state index >= 15 is 0 Å². The average Bonchev–Trinajstić information content (AvgIpc) is 3.47. The second kappa shape index (κ2) is 9.63. The Bertz CT molecular complexity index is 787. The quantitative estimate of drug-likeness (QED) is 0.386. The van der Waals surface area contributed by atoms with Gasteiger partial charge >= 0.3 is 0 Å². The Hall–Kier alpha value is -1.76. The zero-order valence-electron chi connectivity index (χ0n) is 16.7. The molecule has 4 rings (SSSR count). The second-order valence-corrected chi connectivity index (χ2v) is 7.61. The summed E-state index contributed by atoms with van der Waals surface area (Å²) in [6.45, 7) is 4.18. The van der Waals surface area contributed by atoms with E-state index in [-0.39, 0.29) is 24.0 Å². The lowest BCUT2D eigenvalue weighted by molar-refractivity contribution is 0.129. The van der Waals surface area contributed by atoms with Crippen molar-refractivity contribution < 1.29 is 4.74 Å². The lowest BCUT2D eigenvalue weighted by Gasteiger charge is -2.34. The number of aliphatic imine (C=N–C) groups is 1. The third-order valence-electron chi connectivity index (χ3n) is 5.69. The number of piperidine rings is 1. The summed E-state index contributed by atoms with van der Waals surface area (Å²) in [5.41, 5.74) is 2.86. The van der Waals surface area contributed by atoms with E-state index in [1.807, 2.05) is 37.4 Å². The summed E-state index contributed by atoms with van der Waals surface area (Å²) in [6.07, 6.45) is 3.54. The number of halogens is 1. The van der Waals surface area contributed by atoms with Crippen LogP contribution in [-0.4, -0.2) is 43.1 Å². The fraction of sp³-hybridized carbons (Fsp3) is 0.435. The Labute approximate surface area is 185 Å². The number of nitrogens with one attached hydrogen (secondary N) is 1. The van der Waals surface area contributed by atoms with E-state index in [1.54, 1.807) is 0 Å². The number of aryl methyl sites for hydroxylation is 1. The maximum absolute atomic E-state index is 6.11. The van der Waals surface area contributed by atoms with Gasteiger partial charge in [-0.3, -0.25) is 4.99 Å². The Kier molecular flexibility index (Phi) is 7.21. The molecule has 4 nitrogen and oxygen atoms in total. The summed E-state index contributed by atoms with van der Waals surface area (Å²) in [7, 11) is 1.89. The van der Waals surface area contributed by atoms with Gasteiger partial charge in [0.15, 0.2) is 5.96 Å². The highest BCUT2D eigenvalue weighted by atomic mass is 127. The number of rotatable bonds is 4. The van der Waals surface area contributed by atoms with Crippen molar-refractivity contribution in [1.29, 1.82) is 0 Å². The smallest absolute Gasteiger partial charge is 0.193 e. The van der Waals surface area contributed by atoms with Crippen molar-refractivity contribution in [3.63, 3.8) is 0 Å². The van der Waals surface area contributed by atoms with E-state index in [1.165, 1.54) is 17.5 Å². The van der Waals surface area contributed by atoms with Gasteiger partial charge in [-0.1, -0.05) is 42.5 Å². The molecule has 2 aliphatic rings. The van der Waals surface area contributed by atoms with Gasteiger partial charge in [0.2, 0.25) is 0 Å². The molecule has 5 heteroatoms. The molecule has 0 bridgehead atoms. The van der Waals surface area contributed by atoms with E-state index < -0.39 is 0 Å². The zero-order chi connectivity index (χ0) is 18.6. The molecule has 0 spiro atoms. The average molecular weight is 491 g/mol. The minimum atomic E-state index is 0. The minimum absolute atomic E-state index is 0. The summed E-state index contributed by atoms with van der Waals surface area (Å²) in [5.74, 6) is 2.62. The summed E-state index contributed by atoms with van der Waals surface area (Å²) >= 11 is 0. The van der Waals surface area contributed by atoms with Crippen molar-refractivity contribution in [2.24, 2.45) is 4.99 Å². The lowest BCUT2D eigenvalue weighted by Crippen LogP contribution is -2.48. The molecule has 150 valence electrons. The van der Waals surface area contributed by atoms with Crippen LogP contribution in [-0.2, 0) is 0 Å². The van der Waals surface area contributed by atoms with Gasteiger partial charge in [-0.25, -0.2) is 0 Å². The molecule has 0 radical (unpaired) electrons. The van der Waals surface area contributed by atoms with Crippen molar-refractivity contribution in [2.75, 3.05) is 20.1 Å². The molecule has 2 atom stereocenters. The van der Waals surface area contributed by atoms with Crippen LogP contribution < -0.4 is 10.1 Å². The summed E-state index contributed by atoms with van der Waals surface area (Å²) < 4.78 is 6.11. The van der Waals surface area contributed by atoms with Crippen LogP contribution in [0.5, 0.6) is 5.75 Å². The first-order valence-electron chi connectivity index (χ1n) is 10.00. The molecule has 0 aromatic heterocycles. The standard InChI is InChI=1S/C23H29N3O.HI/c1-17-8-6-7-11-20(17)21-16-22(21)25-23(24-2)26-14-12-19(13-15-26)27-18-9-4-3-5-10-18;/h3-11,19,21-22H,12-16H2,1-2H3,(H,24,25);1H. The van der Waals surface area contributed by atoms with Crippen LogP contribution >= 0.6 is 24.0 Å². The Morgan fingerprint density at radius 2 is 1.71 bits per heavy atom. The van der Waals surface area contributed by atoms with Crippen LogP contribution in [0.2, 0.25) is 0 Å². The number of hydrogen-bond donors (Lipinski definition) is 1. The van der Waals surface area contributed by atoms with E-state index in [9.17, 15) is 0 Å². The molecule has 0 amide bonds. The largest absolute Gasteiger partial charge is 0.490 e. The first-order valence-corrected chi connectivity index (χ1v) is 10.00. The van der Waals surface area contributed by atoms with Crippen molar-refractivity contribution in [2.45, 2.75) is 44.2 Å². The molecule has 2 aromatic carbocycles. The van der Waals surface area contributed by atoms with Crippen LogP contribution in [0.4, 0.5) is 0 Å². The predicted molar refractivity (Wildman–Crippen MR) is 126 cm³/mol. The second-order valence-electron chi connectivity index (χ2n) is 7.61. The number of ether oxygens (including phenoxy) is 1. The van der Waals surface area contributed by atoms with E-state index in [2.05, 4.69) is 46.4 Å². The molecule has 2 unspecified atom stereocenters. The number of likely N-dealkylation sites (tertiary alicyclic amines) is 1. The SMILES string of the molecule is CN=C(NC1CC1c1ccccc1C)N1CCC(Oc2ccccc2)CC1.I. The first kappa shape index (κ1) is 21.0. The third kappa shape index (κ3) is 4.99. The van der Waals surface area contributed by atoms with E-state index in [0.29, 0.717) is 18.1 Å². The van der Waals surface area contributed by atoms with Gasteiger partial charge in [-0.15, -0.1) is 24.0 Å².